The number of hydrogen-bond acceptors (Lipinski definition) is 4. The number of esters is 1. The van der Waals surface area contributed by atoms with Crippen molar-refractivity contribution < 1.29 is 19.4 Å². The Hall–Kier alpha value is -1.55. The molecule has 20 heavy (non-hydrogen) atoms. The molecular formula is C16H24O4. The van der Waals surface area contributed by atoms with Crippen LogP contribution >= 0.6 is 0 Å². The summed E-state index contributed by atoms with van der Waals surface area (Å²) in [6.45, 7) is 9.17. The third-order valence-corrected chi connectivity index (χ3v) is 3.28. The van der Waals surface area contributed by atoms with Crippen LogP contribution in [0, 0.1) is 0 Å². The Balaban J connectivity index is 2.86. The van der Waals surface area contributed by atoms with Crippen molar-refractivity contribution in [2.24, 2.45) is 0 Å². The van der Waals surface area contributed by atoms with E-state index in [0.29, 0.717) is 0 Å². The molecule has 1 rings (SSSR count). The van der Waals surface area contributed by atoms with Gasteiger partial charge in [-0.1, -0.05) is 19.1 Å². The summed E-state index contributed by atoms with van der Waals surface area (Å²) in [5, 5.41) is 10.3. The Kier molecular flexibility index (Phi) is 5.57. The first-order valence-electron chi connectivity index (χ1n) is 6.95. The topological polar surface area (TPSA) is 55.8 Å². The van der Waals surface area contributed by atoms with Crippen LogP contribution in [0.25, 0.3) is 0 Å². The fourth-order valence-electron chi connectivity index (χ4n) is 1.89. The van der Waals surface area contributed by atoms with Gasteiger partial charge in [-0.05, 0) is 45.4 Å². The molecule has 0 spiro atoms. The molecule has 0 bridgehead atoms. The second kappa shape index (κ2) is 6.75. The summed E-state index contributed by atoms with van der Waals surface area (Å²) in [6.07, 6.45) is 0.112. The van der Waals surface area contributed by atoms with Crippen molar-refractivity contribution in [2.75, 3.05) is 6.61 Å². The van der Waals surface area contributed by atoms with Gasteiger partial charge < -0.3 is 14.6 Å². The number of hydrogen-bond donors (Lipinski definition) is 1. The summed E-state index contributed by atoms with van der Waals surface area (Å²) < 4.78 is 10.5. The molecular weight excluding hydrogens is 256 g/mol. The van der Waals surface area contributed by atoms with Crippen molar-refractivity contribution in [2.45, 2.75) is 52.2 Å². The summed E-state index contributed by atoms with van der Waals surface area (Å²) in [6, 6.07) is 7.40. The van der Waals surface area contributed by atoms with E-state index in [1.807, 2.05) is 38.1 Å². The first-order chi connectivity index (χ1) is 9.28. The zero-order valence-electron chi connectivity index (χ0n) is 12.8. The highest BCUT2D eigenvalue weighted by Crippen LogP contribution is 2.30. The number of carbonyl (C=O) groups excluding carboxylic acids is 1. The van der Waals surface area contributed by atoms with Gasteiger partial charge in [-0.3, -0.25) is 0 Å². The average molecular weight is 280 g/mol. The van der Waals surface area contributed by atoms with Crippen molar-refractivity contribution in [3.63, 3.8) is 0 Å². The Morgan fingerprint density at radius 2 is 1.80 bits per heavy atom. The summed E-state index contributed by atoms with van der Waals surface area (Å²) in [5.41, 5.74) is -0.685. The zero-order valence-corrected chi connectivity index (χ0v) is 12.8. The minimum atomic E-state index is -1.55. The predicted molar refractivity (Wildman–Crippen MR) is 77.9 cm³/mol. The molecule has 1 aromatic carbocycles. The molecule has 0 aromatic heterocycles. The minimum Gasteiger partial charge on any atom is -0.491 e. The Bertz CT molecular complexity index is 434. The van der Waals surface area contributed by atoms with Crippen LogP contribution in [-0.4, -0.2) is 29.4 Å². The van der Waals surface area contributed by atoms with Crippen LogP contribution in [0.4, 0.5) is 0 Å². The van der Waals surface area contributed by atoms with Crippen LogP contribution in [0.5, 0.6) is 5.75 Å². The van der Waals surface area contributed by atoms with Crippen LogP contribution in [0.1, 0.15) is 46.1 Å². The van der Waals surface area contributed by atoms with Crippen molar-refractivity contribution in [3.8, 4) is 5.75 Å². The van der Waals surface area contributed by atoms with Gasteiger partial charge in [-0.2, -0.15) is 0 Å². The van der Waals surface area contributed by atoms with Gasteiger partial charge in [0.1, 0.15) is 5.75 Å². The van der Waals surface area contributed by atoms with E-state index in [1.165, 1.54) is 6.92 Å². The van der Waals surface area contributed by atoms with Gasteiger partial charge in [0.2, 0.25) is 0 Å². The molecule has 0 fully saturated rings. The lowest BCUT2D eigenvalue weighted by Gasteiger charge is -2.28. The fourth-order valence-corrected chi connectivity index (χ4v) is 1.89. The molecule has 0 heterocycles. The van der Waals surface area contributed by atoms with Gasteiger partial charge in [0.15, 0.2) is 5.60 Å². The van der Waals surface area contributed by atoms with Crippen LogP contribution in [0.3, 0.4) is 0 Å². The molecule has 1 aromatic rings. The van der Waals surface area contributed by atoms with Crippen molar-refractivity contribution in [1.82, 2.24) is 0 Å². The lowest BCUT2D eigenvalue weighted by Crippen LogP contribution is -2.41. The summed E-state index contributed by atoms with van der Waals surface area (Å²) in [4.78, 5) is 11.8. The molecule has 1 N–H and O–H groups in total. The molecule has 2 unspecified atom stereocenters. The molecule has 0 aliphatic heterocycles. The number of benzene rings is 1. The molecule has 0 aliphatic rings. The van der Waals surface area contributed by atoms with Crippen molar-refractivity contribution in [3.05, 3.63) is 29.8 Å². The van der Waals surface area contributed by atoms with Crippen LogP contribution in [0.15, 0.2) is 24.3 Å². The van der Waals surface area contributed by atoms with E-state index in [4.69, 9.17) is 9.47 Å². The summed E-state index contributed by atoms with van der Waals surface area (Å²) >= 11 is 0. The van der Waals surface area contributed by atoms with Gasteiger partial charge in [0, 0.05) is 5.92 Å². The zero-order chi connectivity index (χ0) is 15.3. The minimum absolute atomic E-state index is 0.112. The number of aliphatic hydroxyl groups is 1. The van der Waals surface area contributed by atoms with E-state index < -0.39 is 11.6 Å². The van der Waals surface area contributed by atoms with Crippen LogP contribution in [-0.2, 0) is 9.53 Å². The maximum atomic E-state index is 11.8. The Morgan fingerprint density at radius 1 is 1.25 bits per heavy atom. The monoisotopic (exact) mass is 280 g/mol. The highest BCUT2D eigenvalue weighted by molar-refractivity contribution is 5.80. The standard InChI is InChI=1S/C16H24O4/c1-6-19-15(17)16(5,18)12(4)13-7-9-14(10-8-13)20-11(2)3/h7-12,18H,6H2,1-5H3. The maximum absolute atomic E-state index is 11.8. The smallest absolute Gasteiger partial charge is 0.338 e. The Morgan fingerprint density at radius 3 is 2.25 bits per heavy atom. The average Bonchev–Trinajstić information content (AvgIpc) is 2.38. The predicted octanol–water partition coefficient (Wildman–Crippen LogP) is 2.89. The van der Waals surface area contributed by atoms with Gasteiger partial charge in [0.25, 0.3) is 0 Å². The summed E-state index contributed by atoms with van der Waals surface area (Å²) in [7, 11) is 0. The van der Waals surface area contributed by atoms with Gasteiger partial charge in [-0.15, -0.1) is 0 Å². The fraction of sp³-hybridized carbons (Fsp3) is 0.562. The van der Waals surface area contributed by atoms with E-state index in [2.05, 4.69) is 0 Å². The highest BCUT2D eigenvalue weighted by atomic mass is 16.5. The van der Waals surface area contributed by atoms with E-state index in [-0.39, 0.29) is 18.6 Å². The molecule has 0 saturated carbocycles. The van der Waals surface area contributed by atoms with Gasteiger partial charge in [0.05, 0.1) is 12.7 Å². The molecule has 2 atom stereocenters. The van der Waals surface area contributed by atoms with Gasteiger partial charge >= 0.3 is 5.97 Å². The Labute approximate surface area is 120 Å². The quantitative estimate of drug-likeness (QED) is 0.814. The second-order valence-electron chi connectivity index (χ2n) is 5.33. The molecule has 0 radical (unpaired) electrons. The molecule has 4 nitrogen and oxygen atoms in total. The highest BCUT2D eigenvalue weighted by Gasteiger charge is 2.38. The van der Waals surface area contributed by atoms with E-state index in [0.717, 1.165) is 11.3 Å². The normalized spacial score (nSPS) is 15.6. The van der Waals surface area contributed by atoms with E-state index in [9.17, 15) is 9.90 Å². The summed E-state index contributed by atoms with van der Waals surface area (Å²) in [5.74, 6) is -0.198. The van der Waals surface area contributed by atoms with E-state index in [1.54, 1.807) is 13.8 Å². The second-order valence-corrected chi connectivity index (χ2v) is 5.33. The first kappa shape index (κ1) is 16.5. The lowest BCUT2D eigenvalue weighted by atomic mass is 9.85. The number of carbonyl (C=O) groups is 1. The maximum Gasteiger partial charge on any atom is 0.338 e. The molecule has 112 valence electrons. The van der Waals surface area contributed by atoms with Crippen LogP contribution < -0.4 is 4.74 Å². The number of ether oxygens (including phenoxy) is 2. The van der Waals surface area contributed by atoms with Crippen LogP contribution in [0.2, 0.25) is 0 Å². The van der Waals surface area contributed by atoms with Gasteiger partial charge in [-0.25, -0.2) is 4.79 Å². The molecule has 0 amide bonds. The largest absolute Gasteiger partial charge is 0.491 e. The van der Waals surface area contributed by atoms with Crippen molar-refractivity contribution in [1.29, 1.82) is 0 Å². The first-order valence-corrected chi connectivity index (χ1v) is 6.95. The lowest BCUT2D eigenvalue weighted by molar-refractivity contribution is -0.165. The van der Waals surface area contributed by atoms with Crippen molar-refractivity contribution >= 4 is 5.97 Å². The molecule has 4 heteroatoms. The number of rotatable bonds is 6. The van der Waals surface area contributed by atoms with E-state index >= 15 is 0 Å². The third kappa shape index (κ3) is 3.97. The molecule has 0 aliphatic carbocycles. The molecule has 0 saturated heterocycles. The third-order valence-electron chi connectivity index (χ3n) is 3.28. The SMILES string of the molecule is CCOC(=O)C(C)(O)C(C)c1ccc(OC(C)C)cc1.